The second-order valence-corrected chi connectivity index (χ2v) is 8.18. The van der Waals surface area contributed by atoms with Crippen LogP contribution in [0.15, 0.2) is 60.7 Å². The van der Waals surface area contributed by atoms with Gasteiger partial charge in [0.2, 0.25) is 0 Å². The minimum absolute atomic E-state index is 0. The van der Waals surface area contributed by atoms with Crippen molar-refractivity contribution >= 4 is 11.9 Å². The van der Waals surface area contributed by atoms with Crippen molar-refractivity contribution in [3.05, 3.63) is 71.8 Å². The third-order valence-corrected chi connectivity index (χ3v) is 5.78. The summed E-state index contributed by atoms with van der Waals surface area (Å²) in [4.78, 5) is 22.4. The van der Waals surface area contributed by atoms with Crippen molar-refractivity contribution < 1.29 is 68.2 Å². The summed E-state index contributed by atoms with van der Waals surface area (Å²) in [5.41, 5.74) is -0.0361. The Bertz CT molecular complexity index is 717. The van der Waals surface area contributed by atoms with E-state index in [2.05, 4.69) is 13.8 Å². The first kappa shape index (κ1) is 33.2. The number of hydrogen-bond donors (Lipinski definition) is 0. The molecule has 2 atom stereocenters. The van der Waals surface area contributed by atoms with Gasteiger partial charge in [-0.15, -0.1) is 0 Å². The van der Waals surface area contributed by atoms with Crippen molar-refractivity contribution in [3.8, 4) is 0 Å². The zero-order chi connectivity index (χ0) is 22.6. The second-order valence-electron chi connectivity index (χ2n) is 8.18. The van der Waals surface area contributed by atoms with E-state index in [0.717, 1.165) is 36.8 Å². The van der Waals surface area contributed by atoms with Crippen molar-refractivity contribution in [2.45, 2.75) is 77.0 Å². The van der Waals surface area contributed by atoms with E-state index in [9.17, 15) is 19.8 Å². The topological polar surface area (TPSA) is 80.3 Å². The largest absolute Gasteiger partial charge is 1.00 e. The number of benzene rings is 2. The Morgan fingerprint density at radius 2 is 0.969 bits per heavy atom. The fraction of sp³-hybridized carbons (Fsp3) is 0.462. The summed E-state index contributed by atoms with van der Waals surface area (Å²) in [5, 5.41) is 22.4. The molecule has 4 nitrogen and oxygen atoms in total. The Morgan fingerprint density at radius 1 is 0.688 bits per heavy atom. The molecule has 32 heavy (non-hydrogen) atoms. The number of unbranched alkanes of at least 4 members (excludes halogenated alkanes) is 2. The van der Waals surface area contributed by atoms with Gasteiger partial charge in [0.05, 0.1) is 11.9 Å². The Hall–Kier alpha value is -1.02. The van der Waals surface area contributed by atoms with E-state index in [0.29, 0.717) is 12.8 Å². The summed E-state index contributed by atoms with van der Waals surface area (Å²) in [5.74, 6) is -1.97. The number of carboxylic acid groups (broad SMARTS) is 2. The van der Waals surface area contributed by atoms with E-state index < -0.39 is 22.8 Å². The zero-order valence-corrected chi connectivity index (χ0v) is 22.6. The van der Waals surface area contributed by atoms with E-state index >= 15 is 0 Å². The molecule has 2 aromatic rings. The number of carboxylic acids is 2. The Morgan fingerprint density at radius 3 is 1.19 bits per heavy atom. The standard InChI is InChI=1S/2C13H18O2.Li.Na/c2*1-3-4-10-13(2,12(14)15)11-8-6-5-7-9-11;;/h2*5-9H,3-4,10H2,1-2H3,(H,14,15);;/q;;2*+1/p-2. The van der Waals surface area contributed by atoms with Crippen molar-refractivity contribution in [2.24, 2.45) is 0 Å². The molecule has 2 unspecified atom stereocenters. The van der Waals surface area contributed by atoms with Gasteiger partial charge >= 0.3 is 48.4 Å². The maximum Gasteiger partial charge on any atom is 1.00 e. The summed E-state index contributed by atoms with van der Waals surface area (Å²) in [6.07, 6.45) is 5.07. The van der Waals surface area contributed by atoms with Gasteiger partial charge < -0.3 is 19.8 Å². The Balaban J connectivity index is 0. The van der Waals surface area contributed by atoms with Gasteiger partial charge in [-0.1, -0.05) is 114 Å². The van der Waals surface area contributed by atoms with Crippen LogP contribution in [0.1, 0.15) is 77.3 Å². The van der Waals surface area contributed by atoms with E-state index in [-0.39, 0.29) is 48.4 Å². The van der Waals surface area contributed by atoms with Gasteiger partial charge in [-0.2, -0.15) is 0 Å². The van der Waals surface area contributed by atoms with Gasteiger partial charge in [-0.3, -0.25) is 0 Å². The van der Waals surface area contributed by atoms with E-state index in [1.807, 2.05) is 60.7 Å². The minimum Gasteiger partial charge on any atom is -0.549 e. The van der Waals surface area contributed by atoms with Crippen LogP contribution in [0.2, 0.25) is 0 Å². The van der Waals surface area contributed by atoms with Crippen LogP contribution in [-0.2, 0) is 20.4 Å². The number of carbonyl (C=O) groups is 2. The van der Waals surface area contributed by atoms with Crippen LogP contribution in [-0.4, -0.2) is 11.9 Å². The van der Waals surface area contributed by atoms with Crippen LogP contribution in [0.25, 0.3) is 0 Å². The molecule has 0 saturated heterocycles. The van der Waals surface area contributed by atoms with Crippen molar-refractivity contribution in [2.75, 3.05) is 0 Å². The molecular formula is C26H34LiNaO4. The molecule has 2 aromatic carbocycles. The molecule has 0 bridgehead atoms. The SMILES string of the molecule is CCCCC(C)(C(=O)[O-])c1ccccc1.CCCCC(C)(C(=O)[O-])c1ccccc1.[Li+].[Na+]. The molecule has 2 rings (SSSR count). The second kappa shape index (κ2) is 16.6. The predicted octanol–water partition coefficient (Wildman–Crippen LogP) is -2.22. The normalized spacial score (nSPS) is 13.6. The van der Waals surface area contributed by atoms with Crippen LogP contribution in [0.3, 0.4) is 0 Å². The van der Waals surface area contributed by atoms with Gasteiger partial charge in [-0.05, 0) is 24.0 Å². The van der Waals surface area contributed by atoms with Gasteiger partial charge in [0.25, 0.3) is 0 Å². The molecule has 0 amide bonds. The number of hydrogen-bond acceptors (Lipinski definition) is 4. The van der Waals surface area contributed by atoms with Crippen LogP contribution in [0.4, 0.5) is 0 Å². The molecular weight excluding hydrogens is 406 g/mol. The van der Waals surface area contributed by atoms with E-state index in [1.54, 1.807) is 13.8 Å². The maximum absolute atomic E-state index is 11.2. The average Bonchev–Trinajstić information content (AvgIpc) is 2.77. The molecule has 0 fully saturated rings. The Kier molecular flexibility index (Phi) is 17.2. The maximum atomic E-state index is 11.2. The molecule has 0 aliphatic rings. The molecule has 0 radical (unpaired) electrons. The molecule has 0 saturated carbocycles. The molecule has 0 aliphatic carbocycles. The third-order valence-electron chi connectivity index (χ3n) is 5.78. The van der Waals surface area contributed by atoms with Crippen molar-refractivity contribution in [1.29, 1.82) is 0 Å². The average molecular weight is 440 g/mol. The summed E-state index contributed by atoms with van der Waals surface area (Å²) >= 11 is 0. The molecule has 6 heteroatoms. The summed E-state index contributed by atoms with van der Waals surface area (Å²) in [6.45, 7) is 7.60. The first-order valence-electron chi connectivity index (χ1n) is 10.8. The van der Waals surface area contributed by atoms with Crippen molar-refractivity contribution in [3.63, 3.8) is 0 Å². The van der Waals surface area contributed by atoms with Crippen LogP contribution >= 0.6 is 0 Å². The molecule has 0 aliphatic heterocycles. The van der Waals surface area contributed by atoms with Crippen molar-refractivity contribution in [1.82, 2.24) is 0 Å². The Labute approximate surface area is 227 Å². The van der Waals surface area contributed by atoms with Crippen LogP contribution in [0.5, 0.6) is 0 Å². The number of aliphatic carboxylic acids is 2. The van der Waals surface area contributed by atoms with Gasteiger partial charge in [0.1, 0.15) is 0 Å². The first-order valence-corrected chi connectivity index (χ1v) is 10.8. The monoisotopic (exact) mass is 440 g/mol. The first-order chi connectivity index (χ1) is 14.2. The molecule has 0 spiro atoms. The van der Waals surface area contributed by atoms with Gasteiger partial charge in [0, 0.05) is 10.8 Å². The fourth-order valence-corrected chi connectivity index (χ4v) is 3.40. The molecule has 0 N–H and O–H groups in total. The number of rotatable bonds is 10. The molecule has 0 heterocycles. The minimum atomic E-state index is -0.984. The predicted molar refractivity (Wildman–Crippen MR) is 117 cm³/mol. The molecule has 0 aromatic heterocycles. The quantitative estimate of drug-likeness (QED) is 0.392. The van der Waals surface area contributed by atoms with Gasteiger partial charge in [0.15, 0.2) is 0 Å². The van der Waals surface area contributed by atoms with Crippen LogP contribution < -0.4 is 58.6 Å². The van der Waals surface area contributed by atoms with Crippen LogP contribution in [0, 0.1) is 0 Å². The summed E-state index contributed by atoms with van der Waals surface area (Å²) in [6, 6.07) is 18.6. The summed E-state index contributed by atoms with van der Waals surface area (Å²) < 4.78 is 0. The third kappa shape index (κ3) is 9.46. The fourth-order valence-electron chi connectivity index (χ4n) is 3.40. The van der Waals surface area contributed by atoms with E-state index in [4.69, 9.17) is 0 Å². The van der Waals surface area contributed by atoms with Gasteiger partial charge in [-0.25, -0.2) is 0 Å². The molecule has 164 valence electrons. The zero-order valence-electron chi connectivity index (χ0n) is 20.6. The van der Waals surface area contributed by atoms with E-state index in [1.165, 1.54) is 0 Å². The number of carbonyl (C=O) groups excluding carboxylic acids is 2. The summed E-state index contributed by atoms with van der Waals surface area (Å²) in [7, 11) is 0. The smallest absolute Gasteiger partial charge is 0.549 e.